The summed E-state index contributed by atoms with van der Waals surface area (Å²) in [6.45, 7) is 4.82. The van der Waals surface area contributed by atoms with Crippen LogP contribution in [0.1, 0.15) is 13.8 Å². The lowest BCUT2D eigenvalue weighted by Gasteiger charge is -2.21. The molecule has 0 fully saturated rings. The molecule has 0 heterocycles. The summed E-state index contributed by atoms with van der Waals surface area (Å²) >= 11 is 0. The van der Waals surface area contributed by atoms with E-state index in [1.807, 2.05) is 6.92 Å². The molecular formula is C11H22N2O4. The van der Waals surface area contributed by atoms with Crippen LogP contribution in [-0.4, -0.2) is 55.9 Å². The summed E-state index contributed by atoms with van der Waals surface area (Å²) in [5.74, 6) is -1.24. The molecule has 0 aromatic rings. The van der Waals surface area contributed by atoms with Crippen LogP contribution in [0.4, 0.5) is 4.79 Å². The van der Waals surface area contributed by atoms with Crippen molar-refractivity contribution >= 4 is 12.0 Å². The lowest BCUT2D eigenvalue weighted by molar-refractivity contribution is -0.141. The molecule has 0 rings (SSSR count). The number of carboxylic acid groups (broad SMARTS) is 1. The Hall–Kier alpha value is -1.30. The Labute approximate surface area is 102 Å². The van der Waals surface area contributed by atoms with Crippen molar-refractivity contribution in [2.45, 2.75) is 13.8 Å². The minimum atomic E-state index is -0.905. The highest BCUT2D eigenvalue weighted by molar-refractivity contribution is 5.75. The quantitative estimate of drug-likeness (QED) is 0.690. The SMILES string of the molecule is COCC(C)CNC(=O)N(C)CC(C)C(=O)O. The molecule has 0 radical (unpaired) electrons. The number of amides is 2. The number of carbonyl (C=O) groups is 2. The van der Waals surface area contributed by atoms with Gasteiger partial charge >= 0.3 is 12.0 Å². The Morgan fingerprint density at radius 1 is 1.41 bits per heavy atom. The number of carbonyl (C=O) groups excluding carboxylic acids is 1. The molecule has 2 N–H and O–H groups in total. The fourth-order valence-electron chi connectivity index (χ4n) is 1.31. The number of rotatable bonds is 7. The van der Waals surface area contributed by atoms with Crippen LogP contribution in [0.3, 0.4) is 0 Å². The van der Waals surface area contributed by atoms with Crippen LogP contribution in [0.5, 0.6) is 0 Å². The Morgan fingerprint density at radius 3 is 2.47 bits per heavy atom. The van der Waals surface area contributed by atoms with E-state index in [2.05, 4.69) is 5.32 Å². The Kier molecular flexibility index (Phi) is 7.29. The highest BCUT2D eigenvalue weighted by Crippen LogP contribution is 1.99. The van der Waals surface area contributed by atoms with Crippen LogP contribution in [0.2, 0.25) is 0 Å². The van der Waals surface area contributed by atoms with Gasteiger partial charge in [-0.05, 0) is 5.92 Å². The third-order valence-electron chi connectivity index (χ3n) is 2.37. The summed E-state index contributed by atoms with van der Waals surface area (Å²) in [4.78, 5) is 23.6. The number of urea groups is 1. The first kappa shape index (κ1) is 15.7. The largest absolute Gasteiger partial charge is 0.481 e. The molecule has 2 amide bonds. The maximum Gasteiger partial charge on any atom is 0.317 e. The topological polar surface area (TPSA) is 78.9 Å². The molecule has 0 aromatic carbocycles. The second-order valence-corrected chi connectivity index (χ2v) is 4.37. The lowest BCUT2D eigenvalue weighted by Crippen LogP contribution is -2.42. The molecule has 6 heteroatoms. The van der Waals surface area contributed by atoms with Gasteiger partial charge in [0.2, 0.25) is 0 Å². The van der Waals surface area contributed by atoms with E-state index in [-0.39, 0.29) is 18.5 Å². The summed E-state index contributed by atoms with van der Waals surface area (Å²) in [5.41, 5.74) is 0. The summed E-state index contributed by atoms with van der Waals surface area (Å²) in [6.07, 6.45) is 0. The van der Waals surface area contributed by atoms with Gasteiger partial charge in [-0.3, -0.25) is 4.79 Å². The average molecular weight is 246 g/mol. The van der Waals surface area contributed by atoms with Crippen molar-refractivity contribution in [3.05, 3.63) is 0 Å². The number of hydrogen-bond donors (Lipinski definition) is 2. The number of nitrogens with zero attached hydrogens (tertiary/aromatic N) is 1. The monoisotopic (exact) mass is 246 g/mol. The minimum absolute atomic E-state index is 0.194. The number of nitrogens with one attached hydrogen (secondary N) is 1. The Bertz CT molecular complexity index is 258. The van der Waals surface area contributed by atoms with Gasteiger partial charge in [-0.15, -0.1) is 0 Å². The van der Waals surface area contributed by atoms with Crippen LogP contribution in [0.25, 0.3) is 0 Å². The van der Waals surface area contributed by atoms with Crippen LogP contribution in [0, 0.1) is 11.8 Å². The second-order valence-electron chi connectivity index (χ2n) is 4.37. The van der Waals surface area contributed by atoms with E-state index in [9.17, 15) is 9.59 Å². The fourth-order valence-corrected chi connectivity index (χ4v) is 1.31. The number of carboxylic acids is 1. The zero-order valence-electron chi connectivity index (χ0n) is 10.9. The molecule has 100 valence electrons. The molecule has 0 bridgehead atoms. The van der Waals surface area contributed by atoms with Crippen LogP contribution < -0.4 is 5.32 Å². The van der Waals surface area contributed by atoms with Crippen molar-refractivity contribution in [3.8, 4) is 0 Å². The number of ether oxygens (including phenoxy) is 1. The second kappa shape index (κ2) is 7.89. The van der Waals surface area contributed by atoms with E-state index in [1.54, 1.807) is 21.1 Å². The van der Waals surface area contributed by atoms with Gasteiger partial charge in [0.25, 0.3) is 0 Å². The van der Waals surface area contributed by atoms with Gasteiger partial charge in [-0.2, -0.15) is 0 Å². The van der Waals surface area contributed by atoms with Gasteiger partial charge in [0.05, 0.1) is 12.5 Å². The molecule has 17 heavy (non-hydrogen) atoms. The fraction of sp³-hybridized carbons (Fsp3) is 0.818. The first-order valence-corrected chi connectivity index (χ1v) is 5.59. The molecule has 0 saturated carbocycles. The van der Waals surface area contributed by atoms with Gasteiger partial charge in [0, 0.05) is 27.2 Å². The summed E-state index contributed by atoms with van der Waals surface area (Å²) in [6, 6.07) is -0.263. The van der Waals surface area contributed by atoms with Crippen LogP contribution >= 0.6 is 0 Å². The number of hydrogen-bond acceptors (Lipinski definition) is 3. The maximum atomic E-state index is 11.6. The Balaban J connectivity index is 3.93. The highest BCUT2D eigenvalue weighted by Gasteiger charge is 2.17. The average Bonchev–Trinajstić information content (AvgIpc) is 2.25. The van der Waals surface area contributed by atoms with Gasteiger partial charge in [-0.25, -0.2) is 4.79 Å². The first-order valence-electron chi connectivity index (χ1n) is 5.59. The van der Waals surface area contributed by atoms with E-state index < -0.39 is 11.9 Å². The molecule has 2 unspecified atom stereocenters. The minimum Gasteiger partial charge on any atom is -0.481 e. The van der Waals surface area contributed by atoms with Crippen molar-refractivity contribution in [2.75, 3.05) is 33.9 Å². The molecule has 0 aliphatic carbocycles. The van der Waals surface area contributed by atoms with E-state index in [1.165, 1.54) is 4.90 Å². The normalized spacial score (nSPS) is 13.9. The molecule has 2 atom stereocenters. The smallest absolute Gasteiger partial charge is 0.317 e. The zero-order chi connectivity index (χ0) is 13.4. The van der Waals surface area contributed by atoms with Crippen molar-refractivity contribution < 1.29 is 19.4 Å². The maximum absolute atomic E-state index is 11.6. The standard InChI is InChI=1S/C11H22N2O4/c1-8(7-17-4)5-12-11(16)13(3)6-9(2)10(14)15/h8-9H,5-7H2,1-4H3,(H,12,16)(H,14,15). The third kappa shape index (κ3) is 6.78. The molecular weight excluding hydrogens is 224 g/mol. The van der Waals surface area contributed by atoms with Gasteiger partial charge in [0.1, 0.15) is 0 Å². The third-order valence-corrected chi connectivity index (χ3v) is 2.37. The number of aliphatic carboxylic acids is 1. The van der Waals surface area contributed by atoms with Gasteiger partial charge in [-0.1, -0.05) is 13.8 Å². The summed E-state index contributed by atoms with van der Waals surface area (Å²) < 4.78 is 4.95. The van der Waals surface area contributed by atoms with Gasteiger partial charge < -0.3 is 20.1 Å². The molecule has 0 spiro atoms. The van der Waals surface area contributed by atoms with Crippen LogP contribution in [0.15, 0.2) is 0 Å². The highest BCUT2D eigenvalue weighted by atomic mass is 16.5. The van der Waals surface area contributed by atoms with E-state index in [0.717, 1.165) is 0 Å². The lowest BCUT2D eigenvalue weighted by atomic mass is 10.2. The van der Waals surface area contributed by atoms with Crippen molar-refractivity contribution in [1.82, 2.24) is 10.2 Å². The molecule has 0 aliphatic heterocycles. The predicted octanol–water partition coefficient (Wildman–Crippen LogP) is 0.631. The van der Waals surface area contributed by atoms with Crippen molar-refractivity contribution in [3.63, 3.8) is 0 Å². The van der Waals surface area contributed by atoms with Gasteiger partial charge in [0.15, 0.2) is 0 Å². The zero-order valence-corrected chi connectivity index (χ0v) is 10.9. The van der Waals surface area contributed by atoms with Crippen LogP contribution in [-0.2, 0) is 9.53 Å². The first-order chi connectivity index (χ1) is 7.88. The predicted molar refractivity (Wildman–Crippen MR) is 63.9 cm³/mol. The molecule has 0 aromatic heterocycles. The molecule has 6 nitrogen and oxygen atoms in total. The van der Waals surface area contributed by atoms with Crippen molar-refractivity contribution in [1.29, 1.82) is 0 Å². The van der Waals surface area contributed by atoms with E-state index in [4.69, 9.17) is 9.84 Å². The van der Waals surface area contributed by atoms with E-state index in [0.29, 0.717) is 13.2 Å². The van der Waals surface area contributed by atoms with E-state index >= 15 is 0 Å². The number of methoxy groups -OCH3 is 1. The summed E-state index contributed by atoms with van der Waals surface area (Å²) in [7, 11) is 3.19. The van der Waals surface area contributed by atoms with Crippen molar-refractivity contribution in [2.24, 2.45) is 11.8 Å². The summed E-state index contributed by atoms with van der Waals surface area (Å²) in [5, 5.41) is 11.5. The Morgan fingerprint density at radius 2 is 2.00 bits per heavy atom. The molecule has 0 aliphatic rings. The molecule has 0 saturated heterocycles.